The second kappa shape index (κ2) is 12.2. The fraction of sp³-hybridized carbons (Fsp3) is 0.522. The number of carbonyl (C=O) groups is 1. The zero-order valence-corrected chi connectivity index (χ0v) is 16.8. The maximum absolute atomic E-state index is 11.5. The van der Waals surface area contributed by atoms with Crippen LogP contribution in [0.1, 0.15) is 64.9 Å². The molecule has 0 N–H and O–H groups in total. The van der Waals surface area contributed by atoms with Crippen LogP contribution in [0.4, 0.5) is 0 Å². The minimum atomic E-state index is -0.250. The minimum absolute atomic E-state index is 0.142. The summed E-state index contributed by atoms with van der Waals surface area (Å²) in [5, 5.41) is 0. The molecule has 0 aliphatic carbocycles. The molecular weight excluding hydrogens is 324 g/mol. The fourth-order valence-electron chi connectivity index (χ4n) is 2.65. The Balaban J connectivity index is 2.49. The largest absolute Gasteiger partial charge is 0.494 e. The van der Waals surface area contributed by atoms with E-state index in [0.717, 1.165) is 30.8 Å². The standard InChI is InChI=1S/C23H32O3/c1-6-8-21(17-23(24)25-5)20-11-13-22(14-12-20)26-16-15-19(4)10-7-9-18(2)3/h9,11-14,19,21H,7,10,15-17H2,1-5H3. The highest BCUT2D eigenvalue weighted by Gasteiger charge is 2.14. The smallest absolute Gasteiger partial charge is 0.307 e. The molecule has 1 aromatic carbocycles. The number of hydrogen-bond donors (Lipinski definition) is 0. The monoisotopic (exact) mass is 356 g/mol. The first-order valence-electron chi connectivity index (χ1n) is 9.31. The molecule has 0 saturated carbocycles. The third-order valence-corrected chi connectivity index (χ3v) is 4.29. The summed E-state index contributed by atoms with van der Waals surface area (Å²) in [4.78, 5) is 11.5. The van der Waals surface area contributed by atoms with Crippen molar-refractivity contribution in [3.05, 3.63) is 41.5 Å². The van der Waals surface area contributed by atoms with Gasteiger partial charge in [-0.25, -0.2) is 0 Å². The van der Waals surface area contributed by atoms with Gasteiger partial charge in [0.15, 0.2) is 0 Å². The van der Waals surface area contributed by atoms with Crippen LogP contribution >= 0.6 is 0 Å². The summed E-state index contributed by atoms with van der Waals surface area (Å²) in [5.74, 6) is 7.07. The molecule has 26 heavy (non-hydrogen) atoms. The van der Waals surface area contributed by atoms with Crippen molar-refractivity contribution in [3.8, 4) is 17.6 Å². The van der Waals surface area contributed by atoms with Crippen molar-refractivity contribution < 1.29 is 14.3 Å². The van der Waals surface area contributed by atoms with Crippen LogP contribution in [0.5, 0.6) is 5.75 Å². The van der Waals surface area contributed by atoms with Gasteiger partial charge >= 0.3 is 5.97 Å². The molecule has 0 aliphatic heterocycles. The molecule has 3 nitrogen and oxygen atoms in total. The fourth-order valence-corrected chi connectivity index (χ4v) is 2.65. The molecule has 0 radical (unpaired) electrons. The molecular formula is C23H32O3. The molecule has 0 spiro atoms. The van der Waals surface area contributed by atoms with Crippen LogP contribution in [0.3, 0.4) is 0 Å². The van der Waals surface area contributed by atoms with E-state index in [9.17, 15) is 4.79 Å². The zero-order valence-electron chi connectivity index (χ0n) is 16.8. The molecule has 142 valence electrons. The molecule has 1 aromatic rings. The summed E-state index contributed by atoms with van der Waals surface area (Å²) in [6, 6.07) is 7.85. The molecule has 2 atom stereocenters. The highest BCUT2D eigenvalue weighted by atomic mass is 16.5. The Morgan fingerprint density at radius 2 is 1.88 bits per heavy atom. The topological polar surface area (TPSA) is 35.5 Å². The summed E-state index contributed by atoms with van der Waals surface area (Å²) < 4.78 is 10.6. The lowest BCUT2D eigenvalue weighted by atomic mass is 9.96. The summed E-state index contributed by atoms with van der Waals surface area (Å²) in [6.45, 7) is 9.04. The average Bonchev–Trinajstić information content (AvgIpc) is 2.61. The number of hydrogen-bond acceptors (Lipinski definition) is 3. The average molecular weight is 357 g/mol. The van der Waals surface area contributed by atoms with E-state index in [1.807, 2.05) is 24.3 Å². The first kappa shape index (κ1) is 21.8. The van der Waals surface area contributed by atoms with E-state index in [-0.39, 0.29) is 18.3 Å². The highest BCUT2D eigenvalue weighted by Crippen LogP contribution is 2.23. The lowest BCUT2D eigenvalue weighted by Crippen LogP contribution is -2.07. The summed E-state index contributed by atoms with van der Waals surface area (Å²) >= 11 is 0. The van der Waals surface area contributed by atoms with Crippen molar-refractivity contribution >= 4 is 5.97 Å². The molecule has 0 aliphatic rings. The second-order valence-corrected chi connectivity index (χ2v) is 6.90. The van der Waals surface area contributed by atoms with Gasteiger partial charge in [-0.3, -0.25) is 4.79 Å². The Labute approximate surface area is 158 Å². The lowest BCUT2D eigenvalue weighted by molar-refractivity contribution is -0.140. The van der Waals surface area contributed by atoms with Gasteiger partial charge in [0.1, 0.15) is 5.75 Å². The van der Waals surface area contributed by atoms with Crippen molar-refractivity contribution in [2.75, 3.05) is 13.7 Å². The van der Waals surface area contributed by atoms with E-state index in [0.29, 0.717) is 5.92 Å². The highest BCUT2D eigenvalue weighted by molar-refractivity contribution is 5.71. The van der Waals surface area contributed by atoms with E-state index >= 15 is 0 Å². The van der Waals surface area contributed by atoms with Crippen LogP contribution in [0, 0.1) is 17.8 Å². The molecule has 2 unspecified atom stereocenters. The first-order valence-corrected chi connectivity index (χ1v) is 9.31. The SMILES string of the molecule is CC#CC(CC(=O)OC)c1ccc(OCCC(C)CCC=C(C)C)cc1. The first-order chi connectivity index (χ1) is 12.5. The number of rotatable bonds is 10. The van der Waals surface area contributed by atoms with Crippen molar-refractivity contribution in [2.45, 2.75) is 59.3 Å². The third-order valence-electron chi connectivity index (χ3n) is 4.29. The molecule has 0 amide bonds. The van der Waals surface area contributed by atoms with Crippen molar-refractivity contribution in [2.24, 2.45) is 5.92 Å². The normalized spacial score (nSPS) is 12.3. The van der Waals surface area contributed by atoms with Crippen LogP contribution < -0.4 is 4.74 Å². The van der Waals surface area contributed by atoms with Gasteiger partial charge in [0.05, 0.1) is 26.1 Å². The predicted octanol–water partition coefficient (Wildman–Crippen LogP) is 5.51. The second-order valence-electron chi connectivity index (χ2n) is 6.90. The molecule has 0 saturated heterocycles. The van der Waals surface area contributed by atoms with Crippen LogP contribution in [0.2, 0.25) is 0 Å². The molecule has 0 heterocycles. The molecule has 0 bridgehead atoms. The number of carbonyl (C=O) groups excluding carboxylic acids is 1. The number of esters is 1. The summed E-state index contributed by atoms with van der Waals surface area (Å²) in [6.07, 6.45) is 5.93. The third kappa shape index (κ3) is 8.76. The molecule has 0 fully saturated rings. The van der Waals surface area contributed by atoms with E-state index in [4.69, 9.17) is 9.47 Å². The van der Waals surface area contributed by atoms with E-state index in [2.05, 4.69) is 38.7 Å². The number of benzene rings is 1. The van der Waals surface area contributed by atoms with E-state index in [1.165, 1.54) is 19.1 Å². The van der Waals surface area contributed by atoms with Gasteiger partial charge in [-0.2, -0.15) is 0 Å². The molecule has 0 aromatic heterocycles. The lowest BCUT2D eigenvalue weighted by Gasteiger charge is -2.13. The Kier molecular flexibility index (Phi) is 10.2. The van der Waals surface area contributed by atoms with Gasteiger partial charge in [-0.15, -0.1) is 5.92 Å². The number of allylic oxidation sites excluding steroid dienone is 2. The van der Waals surface area contributed by atoms with E-state index in [1.54, 1.807) is 6.92 Å². The van der Waals surface area contributed by atoms with Crippen molar-refractivity contribution in [1.29, 1.82) is 0 Å². The van der Waals surface area contributed by atoms with Crippen molar-refractivity contribution in [3.63, 3.8) is 0 Å². The molecule has 3 heteroatoms. The number of ether oxygens (including phenoxy) is 2. The Hall–Kier alpha value is -2.21. The van der Waals surface area contributed by atoms with Gasteiger partial charge in [-0.05, 0) is 63.6 Å². The van der Waals surface area contributed by atoms with Gasteiger partial charge in [0, 0.05) is 0 Å². The number of methoxy groups -OCH3 is 1. The van der Waals surface area contributed by atoms with Crippen LogP contribution in [-0.4, -0.2) is 19.7 Å². The van der Waals surface area contributed by atoms with Gasteiger partial charge in [0.25, 0.3) is 0 Å². The zero-order chi connectivity index (χ0) is 19.4. The van der Waals surface area contributed by atoms with Crippen LogP contribution in [-0.2, 0) is 9.53 Å². The summed E-state index contributed by atoms with van der Waals surface area (Å²) in [5.41, 5.74) is 2.39. The Bertz CT molecular complexity index is 628. The maximum atomic E-state index is 11.5. The van der Waals surface area contributed by atoms with E-state index < -0.39 is 0 Å². The quantitative estimate of drug-likeness (QED) is 0.315. The van der Waals surface area contributed by atoms with Crippen molar-refractivity contribution in [1.82, 2.24) is 0 Å². The van der Waals surface area contributed by atoms with Crippen LogP contribution in [0.15, 0.2) is 35.9 Å². The van der Waals surface area contributed by atoms with Gasteiger partial charge in [0.2, 0.25) is 0 Å². The van der Waals surface area contributed by atoms with Gasteiger partial charge in [-0.1, -0.05) is 36.6 Å². The van der Waals surface area contributed by atoms with Gasteiger partial charge < -0.3 is 9.47 Å². The predicted molar refractivity (Wildman–Crippen MR) is 107 cm³/mol. The minimum Gasteiger partial charge on any atom is -0.494 e. The Morgan fingerprint density at radius 1 is 1.19 bits per heavy atom. The Morgan fingerprint density at radius 3 is 2.46 bits per heavy atom. The molecule has 1 rings (SSSR count). The summed E-state index contributed by atoms with van der Waals surface area (Å²) in [7, 11) is 1.40. The van der Waals surface area contributed by atoms with Crippen LogP contribution in [0.25, 0.3) is 0 Å². The maximum Gasteiger partial charge on any atom is 0.307 e.